The highest BCUT2D eigenvalue weighted by atomic mass is 32.2. The number of aromatic nitrogens is 2. The summed E-state index contributed by atoms with van der Waals surface area (Å²) in [5.74, 6) is 0.322. The van der Waals surface area contributed by atoms with Crippen LogP contribution in [-0.4, -0.2) is 19.0 Å². The number of hydrogen-bond donors (Lipinski definition) is 1. The zero-order valence-corrected chi connectivity index (χ0v) is 9.63. The molecule has 0 saturated carbocycles. The lowest BCUT2D eigenvalue weighted by molar-refractivity contribution is 0.289. The number of hydrogen-bond acceptors (Lipinski definition) is 4. The Labute approximate surface area is 101 Å². The van der Waals surface area contributed by atoms with Crippen LogP contribution in [0, 0.1) is 0 Å². The Morgan fingerprint density at radius 1 is 1.12 bits per heavy atom. The standard InChI is InChI=1S/C11H10N2O3S/c14-17(15)11-7-6-10(12-13-11)16-8-9-4-2-1-3-5-9/h1-7H,8H2,(H,14,15). The molecule has 2 rings (SSSR count). The zero-order valence-electron chi connectivity index (χ0n) is 8.81. The Balaban J connectivity index is 1.98. The monoisotopic (exact) mass is 250 g/mol. The smallest absolute Gasteiger partial charge is 0.233 e. The summed E-state index contributed by atoms with van der Waals surface area (Å²) in [6.07, 6.45) is 0. The van der Waals surface area contributed by atoms with Crippen molar-refractivity contribution in [2.75, 3.05) is 0 Å². The molecule has 0 amide bonds. The van der Waals surface area contributed by atoms with Crippen LogP contribution >= 0.6 is 0 Å². The second-order valence-electron chi connectivity index (χ2n) is 3.23. The molecule has 17 heavy (non-hydrogen) atoms. The van der Waals surface area contributed by atoms with E-state index >= 15 is 0 Å². The maximum atomic E-state index is 10.7. The van der Waals surface area contributed by atoms with Crippen molar-refractivity contribution in [3.05, 3.63) is 48.0 Å². The van der Waals surface area contributed by atoms with Gasteiger partial charge in [0.05, 0.1) is 0 Å². The van der Waals surface area contributed by atoms with Gasteiger partial charge in [0, 0.05) is 6.07 Å². The maximum Gasteiger partial charge on any atom is 0.233 e. The van der Waals surface area contributed by atoms with Gasteiger partial charge in [-0.2, -0.15) is 0 Å². The molecule has 0 aliphatic rings. The van der Waals surface area contributed by atoms with Crippen molar-refractivity contribution >= 4 is 11.1 Å². The fourth-order valence-corrected chi connectivity index (χ4v) is 1.50. The second kappa shape index (κ2) is 5.51. The van der Waals surface area contributed by atoms with E-state index in [9.17, 15) is 4.21 Å². The molecule has 6 heteroatoms. The van der Waals surface area contributed by atoms with Crippen LogP contribution in [0.25, 0.3) is 0 Å². The summed E-state index contributed by atoms with van der Waals surface area (Å²) >= 11 is -2.11. The van der Waals surface area contributed by atoms with Crippen molar-refractivity contribution in [2.45, 2.75) is 11.6 Å². The summed E-state index contributed by atoms with van der Waals surface area (Å²) in [5.41, 5.74) is 1.02. The third-order valence-corrected chi connectivity index (χ3v) is 2.60. The van der Waals surface area contributed by atoms with Gasteiger partial charge in [0.1, 0.15) is 6.61 Å². The van der Waals surface area contributed by atoms with Crippen molar-refractivity contribution in [1.29, 1.82) is 0 Å². The van der Waals surface area contributed by atoms with Gasteiger partial charge in [0.15, 0.2) is 5.03 Å². The molecule has 88 valence electrons. The summed E-state index contributed by atoms with van der Waals surface area (Å²) in [6.45, 7) is 0.386. The largest absolute Gasteiger partial charge is 0.472 e. The van der Waals surface area contributed by atoms with Gasteiger partial charge >= 0.3 is 0 Å². The van der Waals surface area contributed by atoms with E-state index in [-0.39, 0.29) is 5.03 Å². The molecule has 0 aliphatic heterocycles. The van der Waals surface area contributed by atoms with Crippen LogP contribution in [0.3, 0.4) is 0 Å². The van der Waals surface area contributed by atoms with Gasteiger partial charge in [-0.05, 0) is 11.6 Å². The van der Waals surface area contributed by atoms with Gasteiger partial charge in [0.2, 0.25) is 17.0 Å². The molecule has 0 bridgehead atoms. The second-order valence-corrected chi connectivity index (χ2v) is 4.15. The molecule has 0 radical (unpaired) electrons. The number of benzene rings is 1. The third kappa shape index (κ3) is 3.33. The highest BCUT2D eigenvalue weighted by molar-refractivity contribution is 7.79. The van der Waals surface area contributed by atoms with Crippen molar-refractivity contribution < 1.29 is 13.5 Å². The lowest BCUT2D eigenvalue weighted by Gasteiger charge is -2.04. The molecule has 1 atom stereocenters. The molecule has 0 spiro atoms. The highest BCUT2D eigenvalue weighted by Crippen LogP contribution is 2.09. The normalized spacial score (nSPS) is 12.1. The topological polar surface area (TPSA) is 72.3 Å². The van der Waals surface area contributed by atoms with E-state index in [4.69, 9.17) is 9.29 Å². The Morgan fingerprint density at radius 3 is 2.47 bits per heavy atom. The van der Waals surface area contributed by atoms with Gasteiger partial charge < -0.3 is 9.29 Å². The predicted molar refractivity (Wildman–Crippen MR) is 61.8 cm³/mol. The maximum absolute atomic E-state index is 10.7. The third-order valence-electron chi connectivity index (χ3n) is 2.02. The summed E-state index contributed by atoms with van der Waals surface area (Å²) in [6, 6.07) is 12.6. The average molecular weight is 250 g/mol. The lowest BCUT2D eigenvalue weighted by atomic mass is 10.2. The molecular formula is C11H10N2O3S. The van der Waals surface area contributed by atoms with E-state index in [1.807, 2.05) is 30.3 Å². The molecule has 5 nitrogen and oxygen atoms in total. The summed E-state index contributed by atoms with van der Waals surface area (Å²) in [5, 5.41) is 7.27. The molecule has 1 N–H and O–H groups in total. The summed E-state index contributed by atoms with van der Waals surface area (Å²) < 4.78 is 24.8. The number of rotatable bonds is 4. The van der Waals surface area contributed by atoms with Crippen molar-refractivity contribution in [2.24, 2.45) is 0 Å². The van der Waals surface area contributed by atoms with Gasteiger partial charge in [-0.3, -0.25) is 0 Å². The van der Waals surface area contributed by atoms with E-state index in [1.165, 1.54) is 12.1 Å². The zero-order chi connectivity index (χ0) is 12.1. The first-order valence-electron chi connectivity index (χ1n) is 4.87. The molecule has 1 unspecified atom stereocenters. The van der Waals surface area contributed by atoms with Crippen LogP contribution in [0.1, 0.15) is 5.56 Å². The minimum atomic E-state index is -2.11. The minimum Gasteiger partial charge on any atom is -0.472 e. The average Bonchev–Trinajstić information content (AvgIpc) is 2.38. The van der Waals surface area contributed by atoms with Crippen LogP contribution in [0.4, 0.5) is 0 Å². The predicted octanol–water partition coefficient (Wildman–Crippen LogP) is 1.64. The SMILES string of the molecule is O=S(O)c1ccc(OCc2ccccc2)nn1. The Kier molecular flexibility index (Phi) is 3.79. The fourth-order valence-electron chi connectivity index (χ4n) is 1.21. The fraction of sp³-hybridized carbons (Fsp3) is 0.0909. The molecule has 0 aliphatic carbocycles. The van der Waals surface area contributed by atoms with Crippen molar-refractivity contribution in [3.8, 4) is 5.88 Å². The van der Waals surface area contributed by atoms with Crippen molar-refractivity contribution in [3.63, 3.8) is 0 Å². The van der Waals surface area contributed by atoms with E-state index in [0.717, 1.165) is 5.56 Å². The van der Waals surface area contributed by atoms with Crippen LogP contribution in [-0.2, 0) is 17.7 Å². The van der Waals surface area contributed by atoms with E-state index in [2.05, 4.69) is 10.2 Å². The Hall–Kier alpha value is -1.79. The van der Waals surface area contributed by atoms with Crippen LogP contribution in [0.2, 0.25) is 0 Å². The Bertz CT molecular complexity index is 502. The quantitative estimate of drug-likeness (QED) is 0.835. The molecule has 2 aromatic rings. The first-order valence-corrected chi connectivity index (χ1v) is 5.98. The molecule has 1 heterocycles. The molecule has 0 saturated heterocycles. The number of nitrogens with zero attached hydrogens (tertiary/aromatic N) is 2. The summed E-state index contributed by atoms with van der Waals surface area (Å²) in [7, 11) is 0. The van der Waals surface area contributed by atoms with Crippen molar-refractivity contribution in [1.82, 2.24) is 10.2 Å². The van der Waals surface area contributed by atoms with E-state index in [0.29, 0.717) is 12.5 Å². The lowest BCUT2D eigenvalue weighted by Crippen LogP contribution is -2.00. The molecular weight excluding hydrogens is 240 g/mol. The molecule has 1 aromatic carbocycles. The molecule has 0 fully saturated rings. The number of ether oxygens (including phenoxy) is 1. The van der Waals surface area contributed by atoms with Gasteiger partial charge in [0.25, 0.3) is 0 Å². The summed E-state index contributed by atoms with van der Waals surface area (Å²) in [4.78, 5) is 0. The van der Waals surface area contributed by atoms with Gasteiger partial charge in [-0.15, -0.1) is 10.2 Å². The van der Waals surface area contributed by atoms with Gasteiger partial charge in [-0.1, -0.05) is 30.3 Å². The Morgan fingerprint density at radius 2 is 1.88 bits per heavy atom. The highest BCUT2D eigenvalue weighted by Gasteiger charge is 2.03. The van der Waals surface area contributed by atoms with Crippen LogP contribution in [0.5, 0.6) is 5.88 Å². The van der Waals surface area contributed by atoms with E-state index in [1.54, 1.807) is 0 Å². The van der Waals surface area contributed by atoms with Gasteiger partial charge in [-0.25, -0.2) is 4.21 Å². The molecule has 1 aromatic heterocycles. The van der Waals surface area contributed by atoms with Crippen LogP contribution in [0.15, 0.2) is 47.5 Å². The first kappa shape index (κ1) is 11.7. The first-order chi connectivity index (χ1) is 8.25. The minimum absolute atomic E-state index is 0.0112. The van der Waals surface area contributed by atoms with E-state index < -0.39 is 11.1 Å². The van der Waals surface area contributed by atoms with Crippen LogP contribution < -0.4 is 4.74 Å².